The lowest BCUT2D eigenvalue weighted by Gasteiger charge is -2.26. The largest absolute Gasteiger partial charge is 0.418 e. The summed E-state index contributed by atoms with van der Waals surface area (Å²) in [6.07, 6.45) is -3.42. The summed E-state index contributed by atoms with van der Waals surface area (Å²) >= 11 is 0. The Morgan fingerprint density at radius 2 is 1.89 bits per heavy atom. The lowest BCUT2D eigenvalue weighted by atomic mass is 10.1. The van der Waals surface area contributed by atoms with Gasteiger partial charge in [0.2, 0.25) is 0 Å². The van der Waals surface area contributed by atoms with E-state index in [1.54, 1.807) is 19.1 Å². The van der Waals surface area contributed by atoms with Gasteiger partial charge in [-0.3, -0.25) is 0 Å². The molecule has 19 heavy (non-hydrogen) atoms. The average molecular weight is 295 g/mol. The van der Waals surface area contributed by atoms with E-state index in [-0.39, 0.29) is 12.4 Å². The van der Waals surface area contributed by atoms with Gasteiger partial charge >= 0.3 is 6.18 Å². The number of nitrogens with zero attached hydrogens (tertiary/aromatic N) is 1. The molecule has 6 heteroatoms. The van der Waals surface area contributed by atoms with Crippen LogP contribution in [0.5, 0.6) is 0 Å². The van der Waals surface area contributed by atoms with E-state index < -0.39 is 11.7 Å². The molecule has 1 fully saturated rings. The molecule has 1 heterocycles. The fraction of sp³-hybridized carbons (Fsp3) is 0.538. The van der Waals surface area contributed by atoms with Gasteiger partial charge in [-0.2, -0.15) is 13.2 Å². The number of hydrogen-bond acceptors (Lipinski definition) is 2. The van der Waals surface area contributed by atoms with Crippen molar-refractivity contribution in [3.05, 3.63) is 29.3 Å². The van der Waals surface area contributed by atoms with Gasteiger partial charge in [0.15, 0.2) is 0 Å². The average Bonchev–Trinajstić information content (AvgIpc) is 2.56. The summed E-state index contributed by atoms with van der Waals surface area (Å²) in [6.45, 7) is 4.56. The van der Waals surface area contributed by atoms with Crippen molar-refractivity contribution in [1.82, 2.24) is 5.32 Å². The van der Waals surface area contributed by atoms with Crippen LogP contribution in [0.15, 0.2) is 18.2 Å². The van der Waals surface area contributed by atoms with E-state index >= 15 is 0 Å². The summed E-state index contributed by atoms with van der Waals surface area (Å²) in [5.41, 5.74) is 0.417. The van der Waals surface area contributed by atoms with Crippen LogP contribution in [0.2, 0.25) is 0 Å². The lowest BCUT2D eigenvalue weighted by Crippen LogP contribution is -2.29. The molecule has 1 aromatic carbocycles. The first-order chi connectivity index (χ1) is 8.48. The first kappa shape index (κ1) is 16.1. The monoisotopic (exact) mass is 294 g/mol. The highest BCUT2D eigenvalue weighted by Crippen LogP contribution is 2.37. The summed E-state index contributed by atoms with van der Waals surface area (Å²) in [5, 5.41) is 3.19. The van der Waals surface area contributed by atoms with Crippen LogP contribution in [0.25, 0.3) is 0 Å². The van der Waals surface area contributed by atoms with Crippen LogP contribution >= 0.6 is 12.4 Å². The van der Waals surface area contributed by atoms with Crippen LogP contribution in [-0.4, -0.2) is 26.2 Å². The maximum absolute atomic E-state index is 13.0. The zero-order chi connectivity index (χ0) is 13.2. The van der Waals surface area contributed by atoms with Gasteiger partial charge in [0.1, 0.15) is 0 Å². The topological polar surface area (TPSA) is 15.3 Å². The van der Waals surface area contributed by atoms with Gasteiger partial charge in [0, 0.05) is 25.3 Å². The first-order valence-electron chi connectivity index (χ1n) is 6.12. The van der Waals surface area contributed by atoms with Crippen molar-refractivity contribution >= 4 is 18.1 Å². The predicted octanol–water partition coefficient (Wildman–Crippen LogP) is 3.24. The molecule has 1 aliphatic heterocycles. The molecule has 0 amide bonds. The molecule has 0 aromatic heterocycles. The van der Waals surface area contributed by atoms with Crippen molar-refractivity contribution < 1.29 is 13.2 Å². The van der Waals surface area contributed by atoms with Crippen LogP contribution < -0.4 is 10.2 Å². The molecule has 1 aromatic rings. The Bertz CT molecular complexity index is 413. The van der Waals surface area contributed by atoms with Crippen molar-refractivity contribution in [2.75, 3.05) is 31.1 Å². The smallest absolute Gasteiger partial charge is 0.370 e. The molecule has 0 aliphatic carbocycles. The molecular formula is C13H18ClF3N2. The van der Waals surface area contributed by atoms with Gasteiger partial charge in [0.25, 0.3) is 0 Å². The number of nitrogens with one attached hydrogen (secondary N) is 1. The minimum Gasteiger partial charge on any atom is -0.370 e. The molecular weight excluding hydrogens is 277 g/mol. The molecule has 0 bridgehead atoms. The van der Waals surface area contributed by atoms with Crippen molar-refractivity contribution in [2.45, 2.75) is 19.5 Å². The lowest BCUT2D eigenvalue weighted by molar-refractivity contribution is -0.137. The molecule has 0 radical (unpaired) electrons. The number of aryl methyl sites for hydroxylation is 1. The zero-order valence-electron chi connectivity index (χ0n) is 10.8. The van der Waals surface area contributed by atoms with E-state index in [4.69, 9.17) is 0 Å². The first-order valence-corrected chi connectivity index (χ1v) is 6.12. The highest BCUT2D eigenvalue weighted by Gasteiger charge is 2.35. The predicted molar refractivity (Wildman–Crippen MR) is 73.1 cm³/mol. The Morgan fingerprint density at radius 1 is 1.16 bits per heavy atom. The van der Waals surface area contributed by atoms with Crippen LogP contribution in [0.1, 0.15) is 17.5 Å². The number of alkyl halides is 3. The standard InChI is InChI=1S/C13H17F3N2.ClH/c1-10-3-4-12(11(9-10)13(14,15)16)18-7-2-5-17-6-8-18;/h3-4,9,17H,2,5-8H2,1H3;1H. The second kappa shape index (κ2) is 6.48. The van der Waals surface area contributed by atoms with E-state index in [2.05, 4.69) is 5.32 Å². The van der Waals surface area contributed by atoms with E-state index in [1.807, 2.05) is 4.90 Å². The molecule has 1 aliphatic rings. The third kappa shape index (κ3) is 4.01. The van der Waals surface area contributed by atoms with Gasteiger partial charge < -0.3 is 10.2 Å². The quantitative estimate of drug-likeness (QED) is 0.855. The fourth-order valence-electron chi connectivity index (χ4n) is 2.24. The third-order valence-electron chi connectivity index (χ3n) is 3.14. The van der Waals surface area contributed by atoms with Crippen molar-refractivity contribution in [3.63, 3.8) is 0 Å². The summed E-state index contributed by atoms with van der Waals surface area (Å²) in [7, 11) is 0. The molecule has 1 saturated heterocycles. The molecule has 0 unspecified atom stereocenters. The Labute approximate surface area is 117 Å². The number of hydrogen-bond donors (Lipinski definition) is 1. The van der Waals surface area contributed by atoms with Crippen molar-refractivity contribution in [3.8, 4) is 0 Å². The van der Waals surface area contributed by atoms with Crippen molar-refractivity contribution in [2.24, 2.45) is 0 Å². The van der Waals surface area contributed by atoms with Crippen LogP contribution in [-0.2, 0) is 6.18 Å². The number of benzene rings is 1. The molecule has 2 nitrogen and oxygen atoms in total. The maximum Gasteiger partial charge on any atom is 0.418 e. The van der Waals surface area contributed by atoms with Gasteiger partial charge in [0.05, 0.1) is 5.56 Å². The van der Waals surface area contributed by atoms with Gasteiger partial charge in [-0.05, 0) is 32.0 Å². The highest BCUT2D eigenvalue weighted by molar-refractivity contribution is 5.85. The Hall–Kier alpha value is -0.940. The molecule has 108 valence electrons. The Balaban J connectivity index is 0.00000180. The van der Waals surface area contributed by atoms with Crippen molar-refractivity contribution in [1.29, 1.82) is 0 Å². The maximum atomic E-state index is 13.0. The SMILES string of the molecule is Cc1ccc(N2CCCNCC2)c(C(F)(F)F)c1.Cl. The van der Waals surface area contributed by atoms with Crippen LogP contribution in [0.4, 0.5) is 18.9 Å². The second-order valence-corrected chi connectivity index (χ2v) is 4.61. The minimum atomic E-state index is -4.29. The third-order valence-corrected chi connectivity index (χ3v) is 3.14. The van der Waals surface area contributed by atoms with Gasteiger partial charge in [-0.1, -0.05) is 11.6 Å². The van der Waals surface area contributed by atoms with E-state index in [0.717, 1.165) is 19.5 Å². The molecule has 0 saturated carbocycles. The summed E-state index contributed by atoms with van der Waals surface area (Å²) in [4.78, 5) is 1.82. The minimum absolute atomic E-state index is 0. The Kier molecular flexibility index (Phi) is 5.50. The molecule has 2 rings (SSSR count). The zero-order valence-corrected chi connectivity index (χ0v) is 11.6. The highest BCUT2D eigenvalue weighted by atomic mass is 35.5. The van der Waals surface area contributed by atoms with Crippen LogP contribution in [0.3, 0.4) is 0 Å². The van der Waals surface area contributed by atoms with E-state index in [1.165, 1.54) is 6.07 Å². The second-order valence-electron chi connectivity index (χ2n) is 4.61. The molecule has 1 N–H and O–H groups in total. The number of rotatable bonds is 1. The number of halogens is 4. The van der Waals surface area contributed by atoms with Gasteiger partial charge in [-0.25, -0.2) is 0 Å². The van der Waals surface area contributed by atoms with Crippen LogP contribution in [0, 0.1) is 6.92 Å². The van der Waals surface area contributed by atoms with E-state index in [9.17, 15) is 13.2 Å². The van der Waals surface area contributed by atoms with E-state index in [0.29, 0.717) is 24.3 Å². The normalized spacial score (nSPS) is 16.7. The molecule has 0 atom stereocenters. The summed E-state index contributed by atoms with van der Waals surface area (Å²) in [5.74, 6) is 0. The number of anilines is 1. The Morgan fingerprint density at radius 3 is 2.58 bits per heavy atom. The summed E-state index contributed by atoms with van der Waals surface area (Å²) in [6, 6.07) is 4.56. The summed E-state index contributed by atoms with van der Waals surface area (Å²) < 4.78 is 39.1. The fourth-order valence-corrected chi connectivity index (χ4v) is 2.24. The molecule has 0 spiro atoms. The van der Waals surface area contributed by atoms with Gasteiger partial charge in [-0.15, -0.1) is 12.4 Å².